The molecule has 0 saturated heterocycles. The number of nitrogens with one attached hydrogen (secondary N) is 2. The minimum Gasteiger partial charge on any atom is -0.357 e. The van der Waals surface area contributed by atoms with Gasteiger partial charge >= 0.3 is 0 Å². The van der Waals surface area contributed by atoms with Crippen molar-refractivity contribution in [1.29, 1.82) is 0 Å². The summed E-state index contributed by atoms with van der Waals surface area (Å²) >= 11 is 0. The van der Waals surface area contributed by atoms with Crippen LogP contribution in [0.3, 0.4) is 0 Å². The maximum absolute atomic E-state index is 11.5. The predicted molar refractivity (Wildman–Crippen MR) is 135 cm³/mol. The van der Waals surface area contributed by atoms with Gasteiger partial charge in [0, 0.05) is 26.4 Å². The van der Waals surface area contributed by atoms with Crippen molar-refractivity contribution < 1.29 is 8.42 Å². The van der Waals surface area contributed by atoms with Gasteiger partial charge in [0.15, 0.2) is 5.96 Å². The van der Waals surface area contributed by atoms with Crippen molar-refractivity contribution >= 4 is 39.8 Å². The highest BCUT2D eigenvalue weighted by atomic mass is 127. The lowest BCUT2D eigenvalue weighted by molar-refractivity contribution is 0.361. The number of benzene rings is 1. The summed E-state index contributed by atoms with van der Waals surface area (Å²) in [7, 11) is -1.00. The molecule has 30 heavy (non-hydrogen) atoms. The molecule has 0 radical (unpaired) electrons. The second-order valence-electron chi connectivity index (χ2n) is 8.18. The first-order chi connectivity index (χ1) is 13.6. The summed E-state index contributed by atoms with van der Waals surface area (Å²) in [5.41, 5.74) is 1.88. The number of sulfone groups is 1. The molecule has 7 nitrogen and oxygen atoms in total. The number of aliphatic imine (C=N–C) groups is 1. The predicted octanol–water partition coefficient (Wildman–Crippen LogP) is 3.55. The lowest BCUT2D eigenvalue weighted by atomic mass is 9.90. The molecule has 0 amide bonds. The van der Waals surface area contributed by atoms with Crippen LogP contribution in [0.15, 0.2) is 41.5 Å². The molecule has 168 valence electrons. The lowest BCUT2D eigenvalue weighted by Gasteiger charge is -2.25. The number of aromatic amines is 1. The number of guanidine groups is 1. The zero-order valence-electron chi connectivity index (χ0n) is 18.5. The Morgan fingerprint density at radius 2 is 1.93 bits per heavy atom. The average Bonchev–Trinajstić information content (AvgIpc) is 3.12. The lowest BCUT2D eigenvalue weighted by Crippen LogP contribution is -2.39. The third-order valence-corrected chi connectivity index (χ3v) is 5.55. The SMILES string of the molecule is CCNC(=NCC(C)(C)CCS(C)(=O)=O)N(C)Cc1ncc(-c2ccccc2)[nH]1.I. The highest BCUT2D eigenvalue weighted by Gasteiger charge is 2.21. The van der Waals surface area contributed by atoms with Crippen molar-refractivity contribution in [2.24, 2.45) is 10.4 Å². The van der Waals surface area contributed by atoms with Gasteiger partial charge in [-0.2, -0.15) is 0 Å². The van der Waals surface area contributed by atoms with Crippen molar-refractivity contribution in [1.82, 2.24) is 20.2 Å². The summed E-state index contributed by atoms with van der Waals surface area (Å²) in [5, 5.41) is 3.30. The van der Waals surface area contributed by atoms with E-state index in [1.165, 1.54) is 6.26 Å². The number of hydrogen-bond donors (Lipinski definition) is 2. The molecule has 0 fully saturated rings. The first kappa shape index (κ1) is 26.4. The van der Waals surface area contributed by atoms with E-state index in [2.05, 4.69) is 15.3 Å². The van der Waals surface area contributed by atoms with Gasteiger partial charge in [-0.25, -0.2) is 13.4 Å². The van der Waals surface area contributed by atoms with E-state index >= 15 is 0 Å². The minimum atomic E-state index is -2.97. The quantitative estimate of drug-likeness (QED) is 0.285. The molecule has 2 N–H and O–H groups in total. The molecular weight excluding hydrogens is 513 g/mol. The monoisotopic (exact) mass is 547 g/mol. The van der Waals surface area contributed by atoms with Crippen molar-refractivity contribution in [2.75, 3.05) is 32.1 Å². The number of imidazole rings is 1. The van der Waals surface area contributed by atoms with Crippen molar-refractivity contribution in [3.63, 3.8) is 0 Å². The van der Waals surface area contributed by atoms with Gasteiger partial charge in [0.1, 0.15) is 15.7 Å². The van der Waals surface area contributed by atoms with Gasteiger partial charge in [0.25, 0.3) is 0 Å². The van der Waals surface area contributed by atoms with Crippen LogP contribution >= 0.6 is 24.0 Å². The molecule has 9 heteroatoms. The minimum absolute atomic E-state index is 0. The largest absolute Gasteiger partial charge is 0.357 e. The summed E-state index contributed by atoms with van der Waals surface area (Å²) < 4.78 is 22.9. The van der Waals surface area contributed by atoms with Crippen molar-refractivity contribution in [2.45, 2.75) is 33.7 Å². The van der Waals surface area contributed by atoms with Gasteiger partial charge in [0.05, 0.1) is 24.2 Å². The summed E-state index contributed by atoms with van der Waals surface area (Å²) in [6.07, 6.45) is 3.70. The molecule has 2 rings (SSSR count). The number of H-pyrrole nitrogens is 1. The van der Waals surface area contributed by atoms with Gasteiger partial charge in [-0.3, -0.25) is 4.99 Å². The molecule has 0 aliphatic heterocycles. The Morgan fingerprint density at radius 1 is 1.27 bits per heavy atom. The van der Waals surface area contributed by atoms with Crippen LogP contribution in [0.2, 0.25) is 0 Å². The van der Waals surface area contributed by atoms with Crippen LogP contribution in [0.4, 0.5) is 0 Å². The number of rotatable bonds is 9. The topological polar surface area (TPSA) is 90.4 Å². The first-order valence-corrected chi connectivity index (χ1v) is 11.9. The van der Waals surface area contributed by atoms with Gasteiger partial charge in [0.2, 0.25) is 0 Å². The van der Waals surface area contributed by atoms with Gasteiger partial charge in [-0.05, 0) is 24.3 Å². The van der Waals surface area contributed by atoms with Crippen molar-refractivity contribution in [3.8, 4) is 11.3 Å². The molecule has 0 bridgehead atoms. The van der Waals surface area contributed by atoms with Crippen LogP contribution in [0.25, 0.3) is 11.3 Å². The third kappa shape index (κ3) is 9.03. The maximum atomic E-state index is 11.5. The molecule has 2 aromatic rings. The fourth-order valence-corrected chi connectivity index (χ4v) is 3.73. The molecule has 1 aromatic carbocycles. The summed E-state index contributed by atoms with van der Waals surface area (Å²) in [5.74, 6) is 1.81. The van der Waals surface area contributed by atoms with E-state index < -0.39 is 9.84 Å². The summed E-state index contributed by atoms with van der Waals surface area (Å²) in [4.78, 5) is 14.6. The third-order valence-electron chi connectivity index (χ3n) is 4.60. The standard InChI is InChI=1S/C21H33N5O2S.HI/c1-6-22-20(24-16-21(2,3)12-13-29(5,27)28)26(4)15-19-23-14-18(25-19)17-10-8-7-9-11-17;/h7-11,14H,6,12-13,15-16H2,1-5H3,(H,22,24)(H,23,25);1H. The Morgan fingerprint density at radius 3 is 2.53 bits per heavy atom. The van der Waals surface area contributed by atoms with E-state index in [4.69, 9.17) is 4.99 Å². The van der Waals surface area contributed by atoms with E-state index in [-0.39, 0.29) is 35.1 Å². The normalized spacial score (nSPS) is 12.4. The summed E-state index contributed by atoms with van der Waals surface area (Å²) in [6, 6.07) is 10.1. The fraction of sp³-hybridized carbons (Fsp3) is 0.524. The van der Waals surface area contributed by atoms with Crippen LogP contribution in [0.5, 0.6) is 0 Å². The molecule has 0 spiro atoms. The molecule has 1 heterocycles. The van der Waals surface area contributed by atoms with E-state index in [1.807, 2.05) is 69.2 Å². The van der Waals surface area contributed by atoms with Crippen LogP contribution in [-0.2, 0) is 16.4 Å². The van der Waals surface area contributed by atoms with Crippen LogP contribution in [0, 0.1) is 5.41 Å². The Labute approximate surface area is 197 Å². The van der Waals surface area contributed by atoms with Gasteiger partial charge < -0.3 is 15.2 Å². The maximum Gasteiger partial charge on any atom is 0.194 e. The Hall–Kier alpha value is -1.62. The molecule has 1 aromatic heterocycles. The Kier molecular flexibility index (Phi) is 10.3. The average molecular weight is 548 g/mol. The Balaban J connectivity index is 0.00000450. The number of halogens is 1. The molecule has 0 aliphatic rings. The molecule has 0 aliphatic carbocycles. The molecule has 0 atom stereocenters. The molecule has 0 unspecified atom stereocenters. The second kappa shape index (κ2) is 11.7. The van der Waals surface area contributed by atoms with E-state index in [0.29, 0.717) is 19.5 Å². The molecule has 0 saturated carbocycles. The van der Waals surface area contributed by atoms with Crippen LogP contribution in [0.1, 0.15) is 33.0 Å². The van der Waals surface area contributed by atoms with Crippen LogP contribution in [-0.4, -0.2) is 61.4 Å². The summed E-state index contributed by atoms with van der Waals surface area (Å²) in [6.45, 7) is 8.00. The van der Waals surface area contributed by atoms with Crippen molar-refractivity contribution in [3.05, 3.63) is 42.4 Å². The highest BCUT2D eigenvalue weighted by molar-refractivity contribution is 14.0. The van der Waals surface area contributed by atoms with Gasteiger partial charge in [-0.1, -0.05) is 44.2 Å². The van der Waals surface area contributed by atoms with Gasteiger partial charge in [-0.15, -0.1) is 24.0 Å². The smallest absolute Gasteiger partial charge is 0.194 e. The zero-order chi connectivity index (χ0) is 21.5. The Bertz CT molecular complexity index is 910. The van der Waals surface area contributed by atoms with E-state index in [0.717, 1.165) is 29.6 Å². The highest BCUT2D eigenvalue weighted by Crippen LogP contribution is 2.22. The second-order valence-corrected chi connectivity index (χ2v) is 10.4. The first-order valence-electron chi connectivity index (χ1n) is 9.86. The number of hydrogen-bond acceptors (Lipinski definition) is 4. The fourth-order valence-electron chi connectivity index (χ4n) is 2.81. The van der Waals surface area contributed by atoms with E-state index in [1.54, 1.807) is 0 Å². The zero-order valence-corrected chi connectivity index (χ0v) is 21.6. The molecular formula is C21H34IN5O2S. The van der Waals surface area contributed by atoms with E-state index in [9.17, 15) is 8.42 Å². The number of nitrogens with zero attached hydrogens (tertiary/aromatic N) is 3. The number of aromatic nitrogens is 2. The van der Waals surface area contributed by atoms with Crippen LogP contribution < -0.4 is 5.32 Å².